The third kappa shape index (κ3) is 3.74. The van der Waals surface area contributed by atoms with E-state index in [2.05, 4.69) is 0 Å². The third-order valence-corrected chi connectivity index (χ3v) is 3.74. The lowest BCUT2D eigenvalue weighted by Gasteiger charge is -2.13. The largest absolute Gasteiger partial charge is 0.481 e. The quantitative estimate of drug-likeness (QED) is 0.560. The van der Waals surface area contributed by atoms with Crippen LogP contribution in [0.25, 0.3) is 0 Å². The Labute approximate surface area is 132 Å². The fraction of sp³-hybridized carbons (Fsp3) is 0.375. The van der Waals surface area contributed by atoms with Crippen LogP contribution in [0.5, 0.6) is 0 Å². The van der Waals surface area contributed by atoms with Crippen LogP contribution < -0.4 is 0 Å². The molecule has 0 saturated heterocycles. The Balaban J connectivity index is 1.92. The van der Waals surface area contributed by atoms with Crippen LogP contribution in [0.4, 0.5) is 0 Å². The molecule has 2 rings (SSSR count). The average molecular weight is 319 g/mol. The third-order valence-electron chi connectivity index (χ3n) is 3.74. The molecule has 7 nitrogen and oxygen atoms in total. The van der Waals surface area contributed by atoms with Crippen LogP contribution in [-0.2, 0) is 4.79 Å². The van der Waals surface area contributed by atoms with E-state index >= 15 is 0 Å². The number of carbonyl (C=O) groups excluding carboxylic acids is 2. The molecule has 0 aromatic heterocycles. The van der Waals surface area contributed by atoms with Crippen molar-refractivity contribution in [3.63, 3.8) is 0 Å². The minimum absolute atomic E-state index is 0.0274. The molecule has 1 aliphatic rings. The molecule has 2 amide bonds. The summed E-state index contributed by atoms with van der Waals surface area (Å²) in [6.45, 7) is 0.252. The standard InChI is InChI=1S/C16H17NO6/c18-13(19)5-3-1-2-4-8-17-14(20)11-7-6-10(16(22)23)9-12(11)15(17)21/h6-7,9H,1-5,8H2,(H,18,19)(H,22,23). The Morgan fingerprint density at radius 3 is 2.22 bits per heavy atom. The van der Waals surface area contributed by atoms with Gasteiger partial charge in [-0.3, -0.25) is 19.3 Å². The van der Waals surface area contributed by atoms with Gasteiger partial charge in [-0.05, 0) is 31.0 Å². The number of nitrogens with zero attached hydrogens (tertiary/aromatic N) is 1. The van der Waals surface area contributed by atoms with Crippen molar-refractivity contribution in [2.75, 3.05) is 6.54 Å². The fourth-order valence-electron chi connectivity index (χ4n) is 2.53. The second-order valence-corrected chi connectivity index (χ2v) is 5.39. The van der Waals surface area contributed by atoms with E-state index in [0.717, 1.165) is 17.7 Å². The highest BCUT2D eigenvalue weighted by molar-refractivity contribution is 6.21. The first-order valence-corrected chi connectivity index (χ1v) is 7.37. The highest BCUT2D eigenvalue weighted by Gasteiger charge is 2.35. The van der Waals surface area contributed by atoms with Crippen LogP contribution in [0.3, 0.4) is 0 Å². The van der Waals surface area contributed by atoms with Gasteiger partial charge in [0, 0.05) is 13.0 Å². The zero-order chi connectivity index (χ0) is 17.0. The summed E-state index contributed by atoms with van der Waals surface area (Å²) in [7, 11) is 0. The van der Waals surface area contributed by atoms with E-state index in [1.165, 1.54) is 18.2 Å². The Kier molecular flexibility index (Phi) is 5.10. The van der Waals surface area contributed by atoms with Crippen LogP contribution in [-0.4, -0.2) is 45.4 Å². The predicted octanol–water partition coefficient (Wildman–Crippen LogP) is 2.02. The maximum atomic E-state index is 12.2. The number of aromatic carboxylic acids is 1. The fourth-order valence-corrected chi connectivity index (χ4v) is 2.53. The van der Waals surface area contributed by atoms with Gasteiger partial charge in [-0.15, -0.1) is 0 Å². The molecule has 1 aromatic carbocycles. The Bertz CT molecular complexity index is 667. The van der Waals surface area contributed by atoms with Crippen LogP contribution in [0.2, 0.25) is 0 Å². The van der Waals surface area contributed by atoms with Gasteiger partial charge in [0.25, 0.3) is 11.8 Å². The molecule has 0 atom stereocenters. The molecule has 2 N–H and O–H groups in total. The summed E-state index contributed by atoms with van der Waals surface area (Å²) in [5, 5.41) is 17.5. The van der Waals surface area contributed by atoms with Gasteiger partial charge in [0.1, 0.15) is 0 Å². The molecule has 23 heavy (non-hydrogen) atoms. The predicted molar refractivity (Wildman–Crippen MR) is 79.5 cm³/mol. The van der Waals surface area contributed by atoms with Crippen molar-refractivity contribution < 1.29 is 29.4 Å². The van der Waals surface area contributed by atoms with Crippen LogP contribution in [0, 0.1) is 0 Å². The number of unbranched alkanes of at least 4 members (excludes halogenated alkanes) is 3. The maximum absolute atomic E-state index is 12.2. The summed E-state index contributed by atoms with van der Waals surface area (Å²) in [6.07, 6.45) is 2.72. The van der Waals surface area contributed by atoms with Gasteiger partial charge in [0.2, 0.25) is 0 Å². The van der Waals surface area contributed by atoms with Gasteiger partial charge in [0.15, 0.2) is 0 Å². The Morgan fingerprint density at radius 2 is 1.57 bits per heavy atom. The summed E-state index contributed by atoms with van der Waals surface area (Å²) < 4.78 is 0. The molecule has 1 aliphatic heterocycles. The summed E-state index contributed by atoms with van der Waals surface area (Å²) in [5.41, 5.74) is 0.326. The smallest absolute Gasteiger partial charge is 0.335 e. The molecule has 0 saturated carbocycles. The van der Waals surface area contributed by atoms with Crippen LogP contribution >= 0.6 is 0 Å². The second kappa shape index (κ2) is 7.04. The van der Waals surface area contributed by atoms with E-state index in [1.54, 1.807) is 0 Å². The number of hydrogen-bond donors (Lipinski definition) is 2. The molecule has 0 unspecified atom stereocenters. The molecule has 0 fully saturated rings. The minimum atomic E-state index is -1.15. The lowest BCUT2D eigenvalue weighted by molar-refractivity contribution is -0.137. The van der Waals surface area contributed by atoms with Crippen LogP contribution in [0.15, 0.2) is 18.2 Å². The van der Waals surface area contributed by atoms with Crippen molar-refractivity contribution in [1.29, 1.82) is 0 Å². The van der Waals surface area contributed by atoms with Gasteiger partial charge >= 0.3 is 11.9 Å². The molecule has 1 heterocycles. The molecule has 0 bridgehead atoms. The summed E-state index contributed by atoms with van der Waals surface area (Å²) in [4.78, 5) is 46.8. The lowest BCUT2D eigenvalue weighted by atomic mass is 10.1. The van der Waals surface area contributed by atoms with Crippen LogP contribution in [0.1, 0.15) is 63.2 Å². The summed E-state index contributed by atoms with van der Waals surface area (Å²) in [5.74, 6) is -2.87. The summed E-state index contributed by atoms with van der Waals surface area (Å²) >= 11 is 0. The first-order chi connectivity index (χ1) is 10.9. The number of fused-ring (bicyclic) bond motifs is 1. The minimum Gasteiger partial charge on any atom is -0.481 e. The zero-order valence-corrected chi connectivity index (χ0v) is 12.4. The number of hydrogen-bond acceptors (Lipinski definition) is 4. The van der Waals surface area contributed by atoms with Crippen molar-refractivity contribution >= 4 is 23.8 Å². The second-order valence-electron chi connectivity index (χ2n) is 5.39. The number of benzene rings is 1. The molecule has 122 valence electrons. The van der Waals surface area contributed by atoms with Gasteiger partial charge in [-0.1, -0.05) is 12.8 Å². The van der Waals surface area contributed by atoms with E-state index in [9.17, 15) is 19.2 Å². The lowest BCUT2D eigenvalue weighted by Crippen LogP contribution is -2.30. The molecule has 1 aromatic rings. The Hall–Kier alpha value is -2.70. The molecule has 0 radical (unpaired) electrons. The number of amides is 2. The van der Waals surface area contributed by atoms with E-state index < -0.39 is 23.8 Å². The first kappa shape index (κ1) is 16.7. The van der Waals surface area contributed by atoms with Gasteiger partial charge in [-0.25, -0.2) is 4.79 Å². The molecular formula is C16H17NO6. The average Bonchev–Trinajstić information content (AvgIpc) is 2.74. The number of imide groups is 1. The van der Waals surface area contributed by atoms with Gasteiger partial charge in [0.05, 0.1) is 16.7 Å². The van der Waals surface area contributed by atoms with Crippen molar-refractivity contribution in [3.05, 3.63) is 34.9 Å². The number of aliphatic carboxylic acids is 1. The van der Waals surface area contributed by atoms with Gasteiger partial charge in [-0.2, -0.15) is 0 Å². The number of carboxylic acids is 2. The molecule has 0 spiro atoms. The van der Waals surface area contributed by atoms with Gasteiger partial charge < -0.3 is 10.2 Å². The van der Waals surface area contributed by atoms with E-state index in [4.69, 9.17) is 10.2 Å². The van der Waals surface area contributed by atoms with Crippen molar-refractivity contribution in [2.24, 2.45) is 0 Å². The van der Waals surface area contributed by atoms with Crippen molar-refractivity contribution in [3.8, 4) is 0 Å². The van der Waals surface area contributed by atoms with Crippen molar-refractivity contribution in [2.45, 2.75) is 32.1 Å². The monoisotopic (exact) mass is 319 g/mol. The molecule has 0 aliphatic carbocycles. The Morgan fingerprint density at radius 1 is 0.913 bits per heavy atom. The van der Waals surface area contributed by atoms with E-state index in [0.29, 0.717) is 12.8 Å². The zero-order valence-electron chi connectivity index (χ0n) is 12.4. The molecule has 7 heteroatoms. The topological polar surface area (TPSA) is 112 Å². The first-order valence-electron chi connectivity index (χ1n) is 7.37. The SMILES string of the molecule is O=C(O)CCCCCCN1C(=O)c2ccc(C(=O)O)cc2C1=O. The van der Waals surface area contributed by atoms with Crippen molar-refractivity contribution in [1.82, 2.24) is 4.90 Å². The van der Waals surface area contributed by atoms with E-state index in [-0.39, 0.29) is 29.7 Å². The number of carboxylic acid groups (broad SMARTS) is 2. The highest BCUT2D eigenvalue weighted by atomic mass is 16.4. The number of rotatable bonds is 8. The molecular weight excluding hydrogens is 302 g/mol. The normalized spacial score (nSPS) is 13.3. The van der Waals surface area contributed by atoms with E-state index in [1.807, 2.05) is 0 Å². The maximum Gasteiger partial charge on any atom is 0.335 e. The summed E-state index contributed by atoms with van der Waals surface area (Å²) in [6, 6.07) is 3.90. The highest BCUT2D eigenvalue weighted by Crippen LogP contribution is 2.24. The number of carbonyl (C=O) groups is 4.